The predicted octanol–water partition coefficient (Wildman–Crippen LogP) is 8.23. The number of allylic oxidation sites excluding steroid dienone is 4. The molecule has 154 valence electrons. The van der Waals surface area contributed by atoms with E-state index >= 15 is 0 Å². The maximum atomic E-state index is 10.1. The minimum absolute atomic E-state index is 0.631. The quantitative estimate of drug-likeness (QED) is 0.142. The van der Waals surface area contributed by atoms with Crippen LogP contribution in [0, 0.1) is 5.21 Å². The number of rotatable bonds is 19. The fourth-order valence-electron chi connectivity index (χ4n) is 3.33. The van der Waals surface area contributed by atoms with Gasteiger partial charge in [0.25, 0.3) is 0 Å². The molecule has 0 bridgehead atoms. The second kappa shape index (κ2) is 20.7. The SMILES string of the molecule is CC(C)=CCCC(C)=CCCCCCCCCCCCCCCCN[O-]. The lowest BCUT2D eigenvalue weighted by atomic mass is 10.0. The highest BCUT2D eigenvalue weighted by atomic mass is 16.5. The highest BCUT2D eigenvalue weighted by Crippen LogP contribution is 2.14. The van der Waals surface area contributed by atoms with Crippen LogP contribution in [0.15, 0.2) is 23.3 Å². The lowest BCUT2D eigenvalue weighted by molar-refractivity contribution is 0.536. The van der Waals surface area contributed by atoms with Crippen molar-refractivity contribution in [2.45, 2.75) is 124 Å². The van der Waals surface area contributed by atoms with Crippen LogP contribution in [-0.4, -0.2) is 6.54 Å². The van der Waals surface area contributed by atoms with Gasteiger partial charge in [-0.25, -0.2) is 0 Å². The zero-order valence-corrected chi connectivity index (χ0v) is 18.1. The Kier molecular flexibility index (Phi) is 20.2. The third-order valence-electron chi connectivity index (χ3n) is 5.07. The summed E-state index contributed by atoms with van der Waals surface area (Å²) in [5.41, 5.74) is 4.97. The van der Waals surface area contributed by atoms with Gasteiger partial charge in [-0.1, -0.05) is 93.9 Å². The number of hydroxylamine groups is 1. The summed E-state index contributed by atoms with van der Waals surface area (Å²) < 4.78 is 0. The fraction of sp³-hybridized carbons (Fsp3) is 0.833. The fourth-order valence-corrected chi connectivity index (χ4v) is 3.33. The molecule has 0 saturated heterocycles. The smallest absolute Gasteiger partial charge is 0.0170 e. The first-order valence-electron chi connectivity index (χ1n) is 11.3. The molecule has 2 heteroatoms. The molecule has 0 rings (SSSR count). The molecule has 0 heterocycles. The van der Waals surface area contributed by atoms with Gasteiger partial charge in [0.05, 0.1) is 0 Å². The van der Waals surface area contributed by atoms with Crippen LogP contribution >= 0.6 is 0 Å². The normalized spacial score (nSPS) is 11.8. The van der Waals surface area contributed by atoms with Crippen molar-refractivity contribution in [3.63, 3.8) is 0 Å². The van der Waals surface area contributed by atoms with Crippen LogP contribution in [-0.2, 0) is 0 Å². The average molecular weight is 365 g/mol. The predicted molar refractivity (Wildman–Crippen MR) is 118 cm³/mol. The minimum atomic E-state index is 0.631. The van der Waals surface area contributed by atoms with E-state index in [2.05, 4.69) is 32.9 Å². The second-order valence-electron chi connectivity index (χ2n) is 8.15. The van der Waals surface area contributed by atoms with Gasteiger partial charge in [0.2, 0.25) is 0 Å². The van der Waals surface area contributed by atoms with Crippen LogP contribution in [0.5, 0.6) is 0 Å². The van der Waals surface area contributed by atoms with E-state index in [4.69, 9.17) is 0 Å². The Morgan fingerprint density at radius 1 is 0.615 bits per heavy atom. The summed E-state index contributed by atoms with van der Waals surface area (Å²) in [7, 11) is 0. The van der Waals surface area contributed by atoms with Crippen LogP contribution in [0.4, 0.5) is 0 Å². The first-order chi connectivity index (χ1) is 12.7. The summed E-state index contributed by atoms with van der Waals surface area (Å²) in [6.45, 7) is 7.27. The summed E-state index contributed by atoms with van der Waals surface area (Å²) in [5.74, 6) is 0. The van der Waals surface area contributed by atoms with Crippen LogP contribution in [0.25, 0.3) is 0 Å². The maximum Gasteiger partial charge on any atom is -0.0170 e. The third-order valence-corrected chi connectivity index (χ3v) is 5.07. The van der Waals surface area contributed by atoms with Crippen LogP contribution in [0.3, 0.4) is 0 Å². The molecule has 0 saturated carbocycles. The molecule has 26 heavy (non-hydrogen) atoms. The van der Waals surface area contributed by atoms with Crippen LogP contribution in [0.2, 0.25) is 0 Å². The molecule has 0 aliphatic carbocycles. The van der Waals surface area contributed by atoms with Gasteiger partial charge in [0, 0.05) is 0 Å². The van der Waals surface area contributed by atoms with Crippen LogP contribution in [0.1, 0.15) is 124 Å². The van der Waals surface area contributed by atoms with Gasteiger partial charge >= 0.3 is 0 Å². The third kappa shape index (κ3) is 21.4. The topological polar surface area (TPSA) is 35.1 Å². The Morgan fingerprint density at radius 2 is 1.08 bits per heavy atom. The van der Waals surface area contributed by atoms with E-state index in [0.717, 1.165) is 6.42 Å². The molecule has 0 unspecified atom stereocenters. The van der Waals surface area contributed by atoms with Crippen molar-refractivity contribution in [1.82, 2.24) is 5.48 Å². The molecule has 2 nitrogen and oxygen atoms in total. The molecule has 0 spiro atoms. The Hall–Kier alpha value is -0.600. The number of hydrogen-bond donors (Lipinski definition) is 1. The molecule has 0 aromatic carbocycles. The Labute approximate surface area is 164 Å². The van der Waals surface area contributed by atoms with E-state index in [1.165, 1.54) is 102 Å². The van der Waals surface area contributed by atoms with E-state index < -0.39 is 0 Å². The lowest BCUT2D eigenvalue weighted by Crippen LogP contribution is -2.04. The molecule has 0 radical (unpaired) electrons. The molecule has 1 N–H and O–H groups in total. The molecule has 0 aromatic rings. The summed E-state index contributed by atoms with van der Waals surface area (Å²) >= 11 is 0. The first kappa shape index (κ1) is 25.4. The molecule has 0 atom stereocenters. The summed E-state index contributed by atoms with van der Waals surface area (Å²) in [6, 6.07) is 0. The van der Waals surface area contributed by atoms with E-state index in [1.54, 1.807) is 5.57 Å². The molecular weight excluding hydrogens is 318 g/mol. The van der Waals surface area contributed by atoms with Crippen molar-refractivity contribution in [3.05, 3.63) is 28.5 Å². The average Bonchev–Trinajstić information content (AvgIpc) is 2.61. The van der Waals surface area contributed by atoms with Crippen molar-refractivity contribution in [2.75, 3.05) is 6.54 Å². The largest absolute Gasteiger partial charge is 0.788 e. The zero-order chi connectivity index (χ0) is 19.3. The first-order valence-corrected chi connectivity index (χ1v) is 11.3. The van der Waals surface area contributed by atoms with E-state index in [9.17, 15) is 5.21 Å². The standard InChI is InChI=1S/C24H46NO/c1-23(2)19-18-21-24(3)20-16-14-12-10-8-6-4-5-7-9-11-13-15-17-22-25-26/h19-20,25H,4-18,21-22H2,1-3H3/q-1. The molecule has 0 aliphatic rings. The highest BCUT2D eigenvalue weighted by Gasteiger charge is 1.94. The monoisotopic (exact) mass is 364 g/mol. The van der Waals surface area contributed by atoms with Crippen molar-refractivity contribution in [3.8, 4) is 0 Å². The van der Waals surface area contributed by atoms with Gasteiger partial charge in [-0.15, -0.1) is 0 Å². The maximum absolute atomic E-state index is 10.1. The van der Waals surface area contributed by atoms with Crippen molar-refractivity contribution in [2.24, 2.45) is 0 Å². The van der Waals surface area contributed by atoms with E-state index in [-0.39, 0.29) is 0 Å². The lowest BCUT2D eigenvalue weighted by Gasteiger charge is -2.06. The van der Waals surface area contributed by atoms with Crippen LogP contribution < -0.4 is 5.48 Å². The van der Waals surface area contributed by atoms with Gasteiger partial charge in [-0.05, 0) is 59.4 Å². The number of nitrogens with one attached hydrogen (secondary N) is 1. The molecule has 0 fully saturated rings. The Balaban J connectivity index is 3.20. The van der Waals surface area contributed by atoms with E-state index in [0.29, 0.717) is 6.54 Å². The number of hydrogen-bond acceptors (Lipinski definition) is 2. The van der Waals surface area contributed by atoms with Gasteiger partial charge in [-0.3, -0.25) is 0 Å². The minimum Gasteiger partial charge on any atom is -0.788 e. The summed E-state index contributed by atoms with van der Waals surface area (Å²) in [5, 5.41) is 10.1. The summed E-state index contributed by atoms with van der Waals surface area (Å²) in [4.78, 5) is 0. The van der Waals surface area contributed by atoms with Gasteiger partial charge in [0.15, 0.2) is 0 Å². The summed E-state index contributed by atoms with van der Waals surface area (Å²) in [6.07, 6.45) is 26.0. The van der Waals surface area contributed by atoms with Crippen molar-refractivity contribution in [1.29, 1.82) is 0 Å². The Bertz CT molecular complexity index is 342. The van der Waals surface area contributed by atoms with Crippen molar-refractivity contribution >= 4 is 0 Å². The second-order valence-corrected chi connectivity index (χ2v) is 8.15. The van der Waals surface area contributed by atoms with Gasteiger partial charge < -0.3 is 10.7 Å². The molecular formula is C24H46NO-. The number of unbranched alkanes of at least 4 members (excludes halogenated alkanes) is 13. The Morgan fingerprint density at radius 3 is 1.54 bits per heavy atom. The van der Waals surface area contributed by atoms with Gasteiger partial charge in [0.1, 0.15) is 0 Å². The zero-order valence-electron chi connectivity index (χ0n) is 18.1. The van der Waals surface area contributed by atoms with Gasteiger partial charge in [-0.2, -0.15) is 0 Å². The molecule has 0 aromatic heterocycles. The highest BCUT2D eigenvalue weighted by molar-refractivity contribution is 5.01. The van der Waals surface area contributed by atoms with E-state index in [1.807, 2.05) is 5.48 Å². The van der Waals surface area contributed by atoms with Crippen molar-refractivity contribution < 1.29 is 0 Å². The molecule has 0 amide bonds. The molecule has 0 aliphatic heterocycles.